The fourth-order valence-electron chi connectivity index (χ4n) is 3.72. The zero-order chi connectivity index (χ0) is 27.9. The lowest BCUT2D eigenvalue weighted by atomic mass is 10.1. The van der Waals surface area contributed by atoms with Gasteiger partial charge >= 0.3 is 0 Å². The Hall–Kier alpha value is -3.54. The van der Waals surface area contributed by atoms with Gasteiger partial charge in [-0.3, -0.25) is 24.0 Å². The molecule has 2 amide bonds. The van der Waals surface area contributed by atoms with Gasteiger partial charge in [-0.05, 0) is 49.9 Å². The van der Waals surface area contributed by atoms with Crippen molar-refractivity contribution in [3.63, 3.8) is 0 Å². The van der Waals surface area contributed by atoms with Gasteiger partial charge in [-0.1, -0.05) is 32.0 Å². The Labute approximate surface area is 216 Å². The highest BCUT2D eigenvalue weighted by atomic mass is 32.2. The summed E-state index contributed by atoms with van der Waals surface area (Å²) in [5.41, 5.74) is 0.616. The SMILES string of the molecule is CC[C@@H](C)NC(=O)[C@H](CC)N(Cc1ccc(F)cc1)C(=O)CN(c1cc([N+](=O)[O-])ccc1C)S(C)(=O)=O. The van der Waals surface area contributed by atoms with Crippen LogP contribution in [0.3, 0.4) is 0 Å². The second-order valence-electron chi connectivity index (χ2n) is 8.89. The first-order chi connectivity index (χ1) is 17.3. The molecule has 2 atom stereocenters. The lowest BCUT2D eigenvalue weighted by molar-refractivity contribution is -0.384. The van der Waals surface area contributed by atoms with Crippen LogP contribution in [0.2, 0.25) is 0 Å². The van der Waals surface area contributed by atoms with E-state index in [1.54, 1.807) is 13.8 Å². The predicted octanol–water partition coefficient (Wildman–Crippen LogP) is 3.53. The number of carbonyl (C=O) groups is 2. The van der Waals surface area contributed by atoms with E-state index >= 15 is 0 Å². The van der Waals surface area contributed by atoms with E-state index in [2.05, 4.69) is 5.32 Å². The number of carbonyl (C=O) groups excluding carboxylic acids is 2. The highest BCUT2D eigenvalue weighted by molar-refractivity contribution is 7.92. The van der Waals surface area contributed by atoms with E-state index in [0.29, 0.717) is 17.5 Å². The molecule has 2 rings (SSSR count). The molecule has 0 spiro atoms. The van der Waals surface area contributed by atoms with Crippen molar-refractivity contribution in [1.82, 2.24) is 10.2 Å². The molecule has 0 radical (unpaired) electrons. The molecule has 0 aromatic heterocycles. The third kappa shape index (κ3) is 7.97. The first-order valence-corrected chi connectivity index (χ1v) is 13.7. The summed E-state index contributed by atoms with van der Waals surface area (Å²) in [5.74, 6) is -1.55. The van der Waals surface area contributed by atoms with E-state index in [1.165, 1.54) is 41.3 Å². The third-order valence-corrected chi connectivity index (χ3v) is 7.13. The van der Waals surface area contributed by atoms with Gasteiger partial charge in [0.05, 0.1) is 16.9 Å². The Bertz CT molecular complexity index is 1240. The van der Waals surface area contributed by atoms with Gasteiger partial charge in [0, 0.05) is 24.7 Å². The van der Waals surface area contributed by atoms with Gasteiger partial charge < -0.3 is 10.2 Å². The fourth-order valence-corrected chi connectivity index (χ4v) is 4.62. The molecule has 0 aliphatic rings. The Kier molecular flexibility index (Phi) is 10.1. The van der Waals surface area contributed by atoms with E-state index < -0.39 is 45.2 Å². The fraction of sp³-hybridized carbons (Fsp3) is 0.440. The van der Waals surface area contributed by atoms with E-state index in [1.807, 2.05) is 13.8 Å². The van der Waals surface area contributed by atoms with Crippen LogP contribution in [-0.2, 0) is 26.2 Å². The van der Waals surface area contributed by atoms with Crippen LogP contribution in [0.1, 0.15) is 44.7 Å². The van der Waals surface area contributed by atoms with Crippen molar-refractivity contribution >= 4 is 33.2 Å². The number of benzene rings is 2. The number of aryl methyl sites for hydroxylation is 1. The number of halogens is 1. The van der Waals surface area contributed by atoms with Crippen LogP contribution in [0, 0.1) is 22.9 Å². The van der Waals surface area contributed by atoms with Gasteiger partial charge in [0.15, 0.2) is 0 Å². The molecule has 2 aromatic carbocycles. The number of nitro groups is 1. The van der Waals surface area contributed by atoms with Crippen molar-refractivity contribution in [2.45, 2.75) is 59.2 Å². The molecule has 0 heterocycles. The van der Waals surface area contributed by atoms with Crippen LogP contribution in [0.4, 0.5) is 15.8 Å². The van der Waals surface area contributed by atoms with Crippen LogP contribution in [-0.4, -0.2) is 54.9 Å². The number of sulfonamides is 1. The molecule has 37 heavy (non-hydrogen) atoms. The Morgan fingerprint density at radius 3 is 2.24 bits per heavy atom. The number of nitrogens with one attached hydrogen (secondary N) is 1. The van der Waals surface area contributed by atoms with Crippen molar-refractivity contribution in [1.29, 1.82) is 0 Å². The standard InChI is InChI=1S/C25H33FN4O6S/c1-6-18(4)27-25(32)22(7-2)28(15-19-9-11-20(26)12-10-19)24(31)16-29(37(5,35)36)23-14-21(30(33)34)13-8-17(23)3/h8-14,18,22H,6-7,15-16H2,1-5H3,(H,27,32)/t18-,22+/m1/s1. The second-order valence-corrected chi connectivity index (χ2v) is 10.8. The molecule has 0 aliphatic carbocycles. The quantitative estimate of drug-likeness (QED) is 0.326. The summed E-state index contributed by atoms with van der Waals surface area (Å²) in [5, 5.41) is 14.2. The summed E-state index contributed by atoms with van der Waals surface area (Å²) >= 11 is 0. The highest BCUT2D eigenvalue weighted by Crippen LogP contribution is 2.28. The van der Waals surface area contributed by atoms with Crippen LogP contribution < -0.4 is 9.62 Å². The van der Waals surface area contributed by atoms with Crippen molar-refractivity contribution in [3.05, 3.63) is 69.5 Å². The number of nitrogens with zero attached hydrogens (tertiary/aromatic N) is 3. The van der Waals surface area contributed by atoms with E-state index in [4.69, 9.17) is 0 Å². The molecule has 202 valence electrons. The minimum Gasteiger partial charge on any atom is -0.352 e. The van der Waals surface area contributed by atoms with Crippen LogP contribution >= 0.6 is 0 Å². The molecule has 0 fully saturated rings. The maximum atomic E-state index is 13.7. The topological polar surface area (TPSA) is 130 Å². The molecule has 2 aromatic rings. The van der Waals surface area contributed by atoms with Crippen LogP contribution in [0.15, 0.2) is 42.5 Å². The first-order valence-electron chi connectivity index (χ1n) is 11.8. The van der Waals surface area contributed by atoms with Crippen molar-refractivity contribution in [2.75, 3.05) is 17.1 Å². The van der Waals surface area contributed by atoms with Gasteiger partial charge in [0.25, 0.3) is 5.69 Å². The van der Waals surface area contributed by atoms with Gasteiger partial charge in [-0.15, -0.1) is 0 Å². The molecule has 1 N–H and O–H groups in total. The number of non-ortho nitro benzene ring substituents is 1. The Balaban J connectivity index is 2.52. The lowest BCUT2D eigenvalue weighted by Gasteiger charge is -2.33. The molecule has 10 nitrogen and oxygen atoms in total. The summed E-state index contributed by atoms with van der Waals surface area (Å²) in [6.45, 7) is 6.27. The monoisotopic (exact) mass is 536 g/mol. The molecule has 12 heteroatoms. The average Bonchev–Trinajstić information content (AvgIpc) is 2.83. The van der Waals surface area contributed by atoms with Gasteiger partial charge in [-0.25, -0.2) is 12.8 Å². The lowest BCUT2D eigenvalue weighted by Crippen LogP contribution is -2.53. The van der Waals surface area contributed by atoms with Crippen molar-refractivity contribution in [2.24, 2.45) is 0 Å². The summed E-state index contributed by atoms with van der Waals surface area (Å²) < 4.78 is 39.8. The molecular formula is C25H33FN4O6S. The Morgan fingerprint density at radius 1 is 1.11 bits per heavy atom. The Morgan fingerprint density at radius 2 is 1.73 bits per heavy atom. The average molecular weight is 537 g/mol. The van der Waals surface area contributed by atoms with E-state index in [0.717, 1.165) is 16.6 Å². The highest BCUT2D eigenvalue weighted by Gasteiger charge is 2.33. The number of nitro benzene ring substituents is 1. The molecule has 0 saturated heterocycles. The third-order valence-electron chi connectivity index (χ3n) is 6.00. The smallest absolute Gasteiger partial charge is 0.271 e. The number of hydrogen-bond acceptors (Lipinski definition) is 6. The number of rotatable bonds is 12. The van der Waals surface area contributed by atoms with Crippen LogP contribution in [0.25, 0.3) is 0 Å². The normalized spacial score (nSPS) is 12.9. The first kappa shape index (κ1) is 29.7. The number of anilines is 1. The molecular weight excluding hydrogens is 503 g/mol. The van der Waals surface area contributed by atoms with Crippen molar-refractivity contribution in [3.8, 4) is 0 Å². The summed E-state index contributed by atoms with van der Waals surface area (Å²) in [7, 11) is -4.05. The maximum absolute atomic E-state index is 13.7. The largest absolute Gasteiger partial charge is 0.352 e. The maximum Gasteiger partial charge on any atom is 0.271 e. The van der Waals surface area contributed by atoms with Gasteiger partial charge in [-0.2, -0.15) is 0 Å². The van der Waals surface area contributed by atoms with Gasteiger partial charge in [0.2, 0.25) is 21.8 Å². The molecule has 0 saturated carbocycles. The van der Waals surface area contributed by atoms with E-state index in [9.17, 15) is 32.5 Å². The second kappa shape index (κ2) is 12.6. The molecule has 0 unspecified atom stereocenters. The van der Waals surface area contributed by atoms with Crippen molar-refractivity contribution < 1.29 is 27.3 Å². The number of amides is 2. The molecule has 0 aliphatic heterocycles. The van der Waals surface area contributed by atoms with Gasteiger partial charge in [0.1, 0.15) is 18.4 Å². The number of hydrogen-bond donors (Lipinski definition) is 1. The zero-order valence-corrected chi connectivity index (χ0v) is 22.4. The zero-order valence-electron chi connectivity index (χ0n) is 21.6. The minimum atomic E-state index is -4.05. The molecule has 0 bridgehead atoms. The summed E-state index contributed by atoms with van der Waals surface area (Å²) in [6, 6.07) is 8.09. The van der Waals surface area contributed by atoms with Crippen LogP contribution in [0.5, 0.6) is 0 Å². The summed E-state index contributed by atoms with van der Waals surface area (Å²) in [4.78, 5) is 38.7. The predicted molar refractivity (Wildman–Crippen MR) is 139 cm³/mol. The van der Waals surface area contributed by atoms with E-state index in [-0.39, 0.29) is 30.4 Å². The summed E-state index contributed by atoms with van der Waals surface area (Å²) in [6.07, 6.45) is 1.81. The minimum absolute atomic E-state index is 0.0103.